The molecule has 0 spiro atoms. The van der Waals surface area contributed by atoms with Crippen molar-refractivity contribution in [2.24, 2.45) is 13.0 Å². The first-order valence-electron chi connectivity index (χ1n) is 19.7. The minimum atomic E-state index is -2.94. The molecule has 2 aromatic heterocycles. The molecule has 3 aromatic rings. The molecule has 3 fully saturated rings. The third-order valence-corrected chi connectivity index (χ3v) is 11.9. The van der Waals surface area contributed by atoms with Crippen LogP contribution in [0.15, 0.2) is 34.8 Å². The van der Waals surface area contributed by atoms with Crippen LogP contribution in [0.3, 0.4) is 0 Å². The number of nitrogens with zero attached hydrogens (tertiary/aromatic N) is 5. The number of carbonyl (C=O) groups excluding carboxylic acids is 4. The number of rotatable bonds is 14. The smallest absolute Gasteiger partial charge is 0.329 e. The molecule has 4 aliphatic rings. The number of likely N-dealkylation sites (tertiary alicyclic amines) is 1. The molecule has 2 aliphatic heterocycles. The lowest BCUT2D eigenvalue weighted by Crippen LogP contribution is -2.44. The lowest BCUT2D eigenvalue weighted by molar-refractivity contribution is -0.138. The summed E-state index contributed by atoms with van der Waals surface area (Å²) in [6.45, 7) is 3.64. The van der Waals surface area contributed by atoms with Gasteiger partial charge in [0.05, 0.1) is 47.0 Å². The minimum Gasteiger partial charge on any atom is -0.390 e. The van der Waals surface area contributed by atoms with E-state index >= 15 is 0 Å². The molecule has 3 unspecified atom stereocenters. The van der Waals surface area contributed by atoms with Gasteiger partial charge in [0, 0.05) is 56.9 Å². The third kappa shape index (κ3) is 8.55. The zero-order valence-corrected chi connectivity index (χ0v) is 32.2. The second-order valence-electron chi connectivity index (χ2n) is 15.7. The number of piperidine rings is 2. The van der Waals surface area contributed by atoms with Gasteiger partial charge >= 0.3 is 5.69 Å². The van der Waals surface area contributed by atoms with Gasteiger partial charge < -0.3 is 24.8 Å². The summed E-state index contributed by atoms with van der Waals surface area (Å²) >= 11 is 0. The number of Topliss-reactive ketones (excluding diaryl/α,β-unsaturated/α-hetero) is 1. The molecule has 2 saturated heterocycles. The number of halogens is 2. The highest BCUT2D eigenvalue weighted by molar-refractivity contribution is 6.07. The fourth-order valence-corrected chi connectivity index (χ4v) is 8.72. The maximum absolute atomic E-state index is 13.8. The molecule has 7 rings (SSSR count). The number of ether oxygens (including phenoxy) is 2. The monoisotopic (exact) mass is 793 g/mol. The Morgan fingerprint density at radius 2 is 1.84 bits per heavy atom. The average molecular weight is 794 g/mol. The first-order chi connectivity index (χ1) is 27.3. The number of aryl methyl sites for hydroxylation is 2. The van der Waals surface area contributed by atoms with Gasteiger partial charge in [-0.15, -0.1) is 0 Å². The van der Waals surface area contributed by atoms with Crippen LogP contribution >= 0.6 is 0 Å². The number of aliphatic hydroxyl groups is 1. The quantitative estimate of drug-likeness (QED) is 0.161. The molecule has 15 nitrogen and oxygen atoms in total. The maximum atomic E-state index is 13.8. The fraction of sp³-hybridized carbons (Fsp3) is 0.575. The van der Waals surface area contributed by atoms with Crippen LogP contribution in [0.5, 0.6) is 0 Å². The van der Waals surface area contributed by atoms with Gasteiger partial charge in [0.1, 0.15) is 12.6 Å². The van der Waals surface area contributed by atoms with Gasteiger partial charge in [0.15, 0.2) is 5.78 Å². The van der Waals surface area contributed by atoms with Gasteiger partial charge in [-0.05, 0) is 75.6 Å². The molecule has 0 radical (unpaired) electrons. The van der Waals surface area contributed by atoms with Crippen LogP contribution in [-0.4, -0.2) is 110 Å². The first kappa shape index (κ1) is 40.3. The Hall–Kier alpha value is -4.87. The Bertz CT molecular complexity index is 2120. The minimum absolute atomic E-state index is 0.0475. The molecule has 3 amide bonds. The lowest BCUT2D eigenvalue weighted by Gasteiger charge is -2.35. The molecule has 17 heteroatoms. The standard InChI is InChI=1S/C40H49F2N7O8/c1-40(55)13-3-6-27(40)33-34-24(20-26(35(33)52)36(41)42)21-43-38(46-34)44-25-11-14-48(15-12-25)32(51)22-57-18-17-56-16-4-5-23-7-8-28-30(19-23)47(2)39(54)49(28)29-9-10-31(50)45-37(29)53/h7-8,19-21,25,27,29,33,36,55H,3-6,9-18,22H2,1-2H3,(H,43,44,46)(H,45,50,53)/t27?,29?,33?,40-/m1/s1. The number of ketones is 1. The van der Waals surface area contributed by atoms with Crippen LogP contribution in [0.1, 0.15) is 87.1 Å². The Morgan fingerprint density at radius 1 is 1.07 bits per heavy atom. The highest BCUT2D eigenvalue weighted by atomic mass is 19.3. The van der Waals surface area contributed by atoms with E-state index < -0.39 is 47.2 Å². The highest BCUT2D eigenvalue weighted by Crippen LogP contribution is 2.48. The third-order valence-electron chi connectivity index (χ3n) is 11.9. The van der Waals surface area contributed by atoms with Crippen LogP contribution in [0.2, 0.25) is 0 Å². The van der Waals surface area contributed by atoms with Gasteiger partial charge in [-0.2, -0.15) is 0 Å². The molecular weight excluding hydrogens is 744 g/mol. The number of anilines is 1. The molecule has 57 heavy (non-hydrogen) atoms. The number of nitrogens with one attached hydrogen (secondary N) is 2. The van der Waals surface area contributed by atoms with E-state index in [2.05, 4.69) is 20.6 Å². The summed E-state index contributed by atoms with van der Waals surface area (Å²) in [5, 5.41) is 16.6. The Balaban J connectivity index is 0.817. The molecule has 2 aliphatic carbocycles. The van der Waals surface area contributed by atoms with Crippen LogP contribution in [0, 0.1) is 5.92 Å². The van der Waals surface area contributed by atoms with Crippen molar-refractivity contribution in [3.8, 4) is 0 Å². The van der Waals surface area contributed by atoms with Gasteiger partial charge in [0.25, 0.3) is 6.43 Å². The number of allylic oxidation sites excluding steroid dienone is 1. The SMILES string of the molecule is Cn1c(=O)n(C2CCC(=O)NC2=O)c2ccc(CCCOCCOCC(=O)N3CCC(Nc4ncc5c(n4)C(C4CCC[C@@]4(C)O)C(=O)C(C(F)F)=C5)CC3)cc21. The number of alkyl halides is 2. The van der Waals surface area contributed by atoms with Crippen LogP contribution in [-0.2, 0) is 42.1 Å². The van der Waals surface area contributed by atoms with Crippen molar-refractivity contribution in [1.29, 1.82) is 0 Å². The summed E-state index contributed by atoms with van der Waals surface area (Å²) in [6, 6.07) is 4.92. The van der Waals surface area contributed by atoms with E-state index in [0.717, 1.165) is 18.1 Å². The van der Waals surface area contributed by atoms with Crippen LogP contribution in [0.25, 0.3) is 17.1 Å². The molecule has 4 heterocycles. The number of imide groups is 1. The van der Waals surface area contributed by atoms with Gasteiger partial charge in [-0.1, -0.05) is 12.5 Å². The molecule has 1 saturated carbocycles. The predicted octanol–water partition coefficient (Wildman–Crippen LogP) is 3.04. The number of aromatic nitrogens is 4. The zero-order valence-electron chi connectivity index (χ0n) is 32.2. The summed E-state index contributed by atoms with van der Waals surface area (Å²) in [5.41, 5.74) is 1.03. The normalized spacial score (nSPS) is 24.2. The largest absolute Gasteiger partial charge is 0.390 e. The van der Waals surface area contributed by atoms with E-state index in [4.69, 9.17) is 9.47 Å². The second-order valence-corrected chi connectivity index (χ2v) is 15.7. The summed E-state index contributed by atoms with van der Waals surface area (Å²) in [4.78, 5) is 73.9. The molecule has 3 N–H and O–H groups in total. The lowest BCUT2D eigenvalue weighted by atomic mass is 9.72. The number of fused-ring (bicyclic) bond motifs is 2. The Morgan fingerprint density at radius 3 is 2.56 bits per heavy atom. The summed E-state index contributed by atoms with van der Waals surface area (Å²) < 4.78 is 41.9. The van der Waals surface area contributed by atoms with Crippen molar-refractivity contribution < 1.29 is 42.5 Å². The van der Waals surface area contributed by atoms with Crippen molar-refractivity contribution in [1.82, 2.24) is 29.3 Å². The van der Waals surface area contributed by atoms with Crippen molar-refractivity contribution >= 4 is 46.6 Å². The topological polar surface area (TPSA) is 187 Å². The Kier molecular flexibility index (Phi) is 12.0. The van der Waals surface area contributed by atoms with Crippen molar-refractivity contribution in [3.05, 3.63) is 57.3 Å². The van der Waals surface area contributed by atoms with Crippen LogP contribution in [0.4, 0.5) is 14.7 Å². The van der Waals surface area contributed by atoms with Crippen molar-refractivity contribution in [2.45, 2.75) is 94.7 Å². The van der Waals surface area contributed by atoms with E-state index in [1.165, 1.54) is 15.3 Å². The van der Waals surface area contributed by atoms with E-state index in [1.807, 2.05) is 18.2 Å². The van der Waals surface area contributed by atoms with Crippen LogP contribution < -0.4 is 16.3 Å². The number of imidazole rings is 1. The number of hydrogen-bond donors (Lipinski definition) is 3. The number of carbonyl (C=O) groups is 4. The second kappa shape index (κ2) is 16.9. The number of amides is 3. The highest BCUT2D eigenvalue weighted by Gasteiger charge is 2.49. The number of benzene rings is 1. The first-order valence-corrected chi connectivity index (χ1v) is 19.7. The average Bonchev–Trinajstić information content (AvgIpc) is 3.65. The fourth-order valence-electron chi connectivity index (χ4n) is 8.72. The molecule has 1 aromatic carbocycles. The Labute approximate surface area is 327 Å². The number of hydrogen-bond acceptors (Lipinski definition) is 11. The van der Waals surface area contributed by atoms with E-state index in [1.54, 1.807) is 18.9 Å². The molecule has 4 atom stereocenters. The maximum Gasteiger partial charge on any atom is 0.329 e. The molecule has 0 bridgehead atoms. The summed E-state index contributed by atoms with van der Waals surface area (Å²) in [5.74, 6) is -2.85. The van der Waals surface area contributed by atoms with E-state index in [0.29, 0.717) is 87.1 Å². The molecule has 306 valence electrons. The molecular formula is C40H49F2N7O8. The van der Waals surface area contributed by atoms with E-state index in [9.17, 15) is 37.9 Å². The van der Waals surface area contributed by atoms with Gasteiger partial charge in [0.2, 0.25) is 23.7 Å². The summed E-state index contributed by atoms with van der Waals surface area (Å²) in [6.07, 6.45) is 4.53. The summed E-state index contributed by atoms with van der Waals surface area (Å²) in [7, 11) is 1.66. The zero-order chi connectivity index (χ0) is 40.4. The van der Waals surface area contributed by atoms with Crippen molar-refractivity contribution in [2.75, 3.05) is 44.8 Å². The predicted molar refractivity (Wildman–Crippen MR) is 204 cm³/mol. The van der Waals surface area contributed by atoms with Gasteiger partial charge in [-0.3, -0.25) is 33.6 Å². The van der Waals surface area contributed by atoms with E-state index in [-0.39, 0.29) is 55.5 Å². The van der Waals surface area contributed by atoms with Gasteiger partial charge in [-0.25, -0.2) is 23.5 Å². The van der Waals surface area contributed by atoms with Crippen molar-refractivity contribution in [3.63, 3.8) is 0 Å².